The molecule has 1 amide bonds. The molecule has 6 heteroatoms. The number of carbonyl (C=O) groups excluding carboxylic acids is 1. The van der Waals surface area contributed by atoms with Crippen LogP contribution in [0.5, 0.6) is 0 Å². The van der Waals surface area contributed by atoms with Crippen molar-refractivity contribution in [2.45, 2.75) is 19.3 Å². The second-order valence-corrected chi connectivity index (χ2v) is 5.07. The molecule has 0 spiro atoms. The number of fused-ring (bicyclic) bond motifs is 1. The normalized spacial score (nSPS) is 13.7. The molecule has 0 bridgehead atoms. The Morgan fingerprint density at radius 1 is 1.35 bits per heavy atom. The fourth-order valence-corrected chi connectivity index (χ4v) is 2.40. The molecule has 0 aliphatic heterocycles. The van der Waals surface area contributed by atoms with E-state index in [0.717, 1.165) is 36.1 Å². The summed E-state index contributed by atoms with van der Waals surface area (Å²) in [5.74, 6) is -0.283. The fourth-order valence-electron chi connectivity index (χ4n) is 2.27. The number of hydrogen-bond donors (Lipinski definition) is 2. The topological polar surface area (TPSA) is 70.1 Å². The first-order valence-electron chi connectivity index (χ1n) is 6.39. The molecule has 0 radical (unpaired) electrons. The van der Waals surface area contributed by atoms with Gasteiger partial charge in [0.1, 0.15) is 0 Å². The number of aromatic nitrogens is 2. The van der Waals surface area contributed by atoms with Crippen LogP contribution < -0.4 is 5.43 Å². The molecule has 5 nitrogen and oxygen atoms in total. The molecule has 0 fully saturated rings. The summed E-state index contributed by atoms with van der Waals surface area (Å²) in [6, 6.07) is 7.19. The van der Waals surface area contributed by atoms with E-state index in [0.29, 0.717) is 10.7 Å². The molecular formula is C14H13ClN4O. The number of H-pyrrole nitrogens is 1. The van der Waals surface area contributed by atoms with Crippen LogP contribution in [0.2, 0.25) is 5.02 Å². The van der Waals surface area contributed by atoms with Crippen LogP contribution in [-0.4, -0.2) is 22.3 Å². The molecule has 1 aromatic carbocycles. The smallest absolute Gasteiger partial charge is 0.281 e. The molecular weight excluding hydrogens is 276 g/mol. The van der Waals surface area contributed by atoms with Crippen molar-refractivity contribution in [3.8, 4) is 0 Å². The number of nitrogens with one attached hydrogen (secondary N) is 2. The summed E-state index contributed by atoms with van der Waals surface area (Å²) in [6.45, 7) is 0. The number of carbonyl (C=O) groups is 1. The Morgan fingerprint density at radius 3 is 2.95 bits per heavy atom. The van der Waals surface area contributed by atoms with Gasteiger partial charge in [-0.05, 0) is 37.0 Å². The first-order valence-corrected chi connectivity index (χ1v) is 6.77. The van der Waals surface area contributed by atoms with Crippen LogP contribution in [0.3, 0.4) is 0 Å². The van der Waals surface area contributed by atoms with E-state index in [9.17, 15) is 4.79 Å². The first-order chi connectivity index (χ1) is 9.74. The molecule has 0 unspecified atom stereocenters. The van der Waals surface area contributed by atoms with Gasteiger partial charge in [0.05, 0.1) is 6.21 Å². The zero-order chi connectivity index (χ0) is 13.9. The molecule has 0 atom stereocenters. The third-order valence-corrected chi connectivity index (χ3v) is 3.52. The van der Waals surface area contributed by atoms with Crippen LogP contribution in [0.1, 0.15) is 33.7 Å². The number of benzene rings is 1. The van der Waals surface area contributed by atoms with Crippen molar-refractivity contribution < 1.29 is 4.79 Å². The van der Waals surface area contributed by atoms with E-state index in [-0.39, 0.29) is 5.91 Å². The van der Waals surface area contributed by atoms with Crippen molar-refractivity contribution in [1.29, 1.82) is 0 Å². The predicted octanol–water partition coefficient (Wildman–Crippen LogP) is 2.32. The molecule has 2 N–H and O–H groups in total. The van der Waals surface area contributed by atoms with Gasteiger partial charge in [0.25, 0.3) is 5.91 Å². The number of aromatic amines is 1. The second-order valence-electron chi connectivity index (χ2n) is 4.63. The zero-order valence-corrected chi connectivity index (χ0v) is 11.4. The summed E-state index contributed by atoms with van der Waals surface area (Å²) in [5.41, 5.74) is 5.89. The quantitative estimate of drug-likeness (QED) is 0.672. The van der Waals surface area contributed by atoms with Gasteiger partial charge in [-0.2, -0.15) is 10.2 Å². The summed E-state index contributed by atoms with van der Waals surface area (Å²) < 4.78 is 0. The van der Waals surface area contributed by atoms with E-state index in [1.54, 1.807) is 18.3 Å². The average molecular weight is 289 g/mol. The highest BCUT2D eigenvalue weighted by Gasteiger charge is 2.22. The van der Waals surface area contributed by atoms with Gasteiger partial charge in [0, 0.05) is 16.3 Å². The number of nitrogens with zero attached hydrogens (tertiary/aromatic N) is 2. The van der Waals surface area contributed by atoms with Gasteiger partial charge in [0.15, 0.2) is 5.69 Å². The fraction of sp³-hybridized carbons (Fsp3) is 0.214. The van der Waals surface area contributed by atoms with Crippen LogP contribution in [0.4, 0.5) is 0 Å². The molecule has 2 aromatic rings. The number of amides is 1. The molecule has 20 heavy (non-hydrogen) atoms. The Balaban J connectivity index is 1.66. The lowest BCUT2D eigenvalue weighted by molar-refractivity contribution is 0.0949. The van der Waals surface area contributed by atoms with E-state index in [2.05, 4.69) is 20.7 Å². The predicted molar refractivity (Wildman–Crippen MR) is 77.1 cm³/mol. The number of hydrazone groups is 1. The Kier molecular flexibility index (Phi) is 3.52. The Bertz CT molecular complexity index is 660. The highest BCUT2D eigenvalue weighted by atomic mass is 35.5. The van der Waals surface area contributed by atoms with Gasteiger partial charge in [-0.3, -0.25) is 9.89 Å². The minimum absolute atomic E-state index is 0.283. The number of hydrogen-bond acceptors (Lipinski definition) is 3. The van der Waals surface area contributed by atoms with E-state index in [1.165, 1.54) is 0 Å². The van der Waals surface area contributed by atoms with E-state index < -0.39 is 0 Å². The van der Waals surface area contributed by atoms with Gasteiger partial charge < -0.3 is 0 Å². The summed E-state index contributed by atoms with van der Waals surface area (Å²) >= 11 is 5.79. The van der Waals surface area contributed by atoms with Crippen LogP contribution >= 0.6 is 11.6 Å². The van der Waals surface area contributed by atoms with Crippen molar-refractivity contribution in [2.75, 3.05) is 0 Å². The summed E-state index contributed by atoms with van der Waals surface area (Å²) in [5, 5.41) is 11.5. The molecule has 0 saturated carbocycles. The van der Waals surface area contributed by atoms with Crippen LogP contribution in [0.15, 0.2) is 29.4 Å². The number of aryl methyl sites for hydroxylation is 1. The monoisotopic (exact) mass is 288 g/mol. The minimum Gasteiger partial charge on any atom is -0.281 e. The third-order valence-electron chi connectivity index (χ3n) is 3.27. The summed E-state index contributed by atoms with van der Waals surface area (Å²) in [7, 11) is 0. The molecule has 1 aromatic heterocycles. The second kappa shape index (κ2) is 5.46. The van der Waals surface area contributed by atoms with E-state index in [1.807, 2.05) is 12.1 Å². The van der Waals surface area contributed by atoms with E-state index in [4.69, 9.17) is 11.6 Å². The Morgan fingerprint density at radius 2 is 2.15 bits per heavy atom. The maximum absolute atomic E-state index is 12.0. The SMILES string of the molecule is O=C(NN=Cc1ccc(Cl)cc1)c1n[nH]c2c1CCC2. The highest BCUT2D eigenvalue weighted by molar-refractivity contribution is 6.30. The lowest BCUT2D eigenvalue weighted by Gasteiger charge is -1.98. The van der Waals surface area contributed by atoms with Crippen molar-refractivity contribution in [1.82, 2.24) is 15.6 Å². The van der Waals surface area contributed by atoms with Crippen LogP contribution in [0.25, 0.3) is 0 Å². The molecule has 1 aliphatic rings. The van der Waals surface area contributed by atoms with Crippen molar-refractivity contribution in [3.63, 3.8) is 0 Å². The number of rotatable bonds is 3. The lowest BCUT2D eigenvalue weighted by Crippen LogP contribution is -2.19. The van der Waals surface area contributed by atoms with Crippen molar-refractivity contribution in [3.05, 3.63) is 51.8 Å². The van der Waals surface area contributed by atoms with Gasteiger partial charge in [-0.15, -0.1) is 0 Å². The summed E-state index contributed by atoms with van der Waals surface area (Å²) in [4.78, 5) is 12.0. The van der Waals surface area contributed by atoms with Crippen LogP contribution in [0, 0.1) is 0 Å². The Hall–Kier alpha value is -2.14. The first kappa shape index (κ1) is 12.9. The van der Waals surface area contributed by atoms with E-state index >= 15 is 0 Å². The minimum atomic E-state index is -0.283. The molecule has 102 valence electrons. The average Bonchev–Trinajstić information content (AvgIpc) is 3.03. The lowest BCUT2D eigenvalue weighted by atomic mass is 10.2. The van der Waals surface area contributed by atoms with Crippen LogP contribution in [-0.2, 0) is 12.8 Å². The van der Waals surface area contributed by atoms with Gasteiger partial charge >= 0.3 is 0 Å². The van der Waals surface area contributed by atoms with Gasteiger partial charge in [-0.1, -0.05) is 23.7 Å². The van der Waals surface area contributed by atoms with Gasteiger partial charge in [0.2, 0.25) is 0 Å². The molecule has 3 rings (SSSR count). The third kappa shape index (κ3) is 2.58. The maximum Gasteiger partial charge on any atom is 0.292 e. The maximum atomic E-state index is 12.0. The molecule has 1 heterocycles. The zero-order valence-electron chi connectivity index (χ0n) is 10.7. The largest absolute Gasteiger partial charge is 0.292 e. The molecule has 0 saturated heterocycles. The molecule has 1 aliphatic carbocycles. The number of halogens is 1. The Labute approximate surface area is 121 Å². The highest BCUT2D eigenvalue weighted by Crippen LogP contribution is 2.22. The standard InChI is InChI=1S/C14H13ClN4O/c15-10-6-4-9(5-7-10)8-16-19-14(20)13-11-2-1-3-12(11)17-18-13/h4-8H,1-3H2,(H,17,18)(H,19,20). The van der Waals surface area contributed by atoms with Gasteiger partial charge in [-0.25, -0.2) is 5.43 Å². The summed E-state index contributed by atoms with van der Waals surface area (Å²) in [6.07, 6.45) is 4.50. The van der Waals surface area contributed by atoms with Crippen molar-refractivity contribution in [2.24, 2.45) is 5.10 Å². The van der Waals surface area contributed by atoms with Crippen molar-refractivity contribution >= 4 is 23.7 Å².